The van der Waals surface area contributed by atoms with Gasteiger partial charge in [-0.25, -0.2) is 0 Å². The molecule has 0 bridgehead atoms. The van der Waals surface area contributed by atoms with Gasteiger partial charge in [0.2, 0.25) is 0 Å². The summed E-state index contributed by atoms with van der Waals surface area (Å²) in [6.45, 7) is 4.36. The van der Waals surface area contributed by atoms with Crippen molar-refractivity contribution < 1.29 is 14.6 Å². The predicted molar refractivity (Wildman–Crippen MR) is 118 cm³/mol. The van der Waals surface area contributed by atoms with E-state index in [0.29, 0.717) is 24.3 Å². The number of hydrogen-bond donors (Lipinski definition) is 1. The lowest BCUT2D eigenvalue weighted by atomic mass is 10.1. The van der Waals surface area contributed by atoms with E-state index in [1.807, 2.05) is 42.5 Å². The van der Waals surface area contributed by atoms with Crippen molar-refractivity contribution in [2.24, 2.45) is 0 Å². The van der Waals surface area contributed by atoms with Crippen molar-refractivity contribution in [2.45, 2.75) is 18.9 Å². The van der Waals surface area contributed by atoms with Crippen LogP contribution in [0.5, 0.6) is 5.75 Å². The first-order chi connectivity index (χ1) is 13.6. The fourth-order valence-corrected chi connectivity index (χ4v) is 4.10. The van der Waals surface area contributed by atoms with Gasteiger partial charge in [0, 0.05) is 49.9 Å². The minimum atomic E-state index is -0.588. The molecule has 1 saturated heterocycles. The first-order valence-electron chi connectivity index (χ1n) is 9.79. The molecule has 1 fully saturated rings. The summed E-state index contributed by atoms with van der Waals surface area (Å²) in [5.74, 6) is 0.741. The van der Waals surface area contributed by atoms with Crippen molar-refractivity contribution >= 4 is 35.5 Å². The van der Waals surface area contributed by atoms with Crippen LogP contribution in [0.1, 0.15) is 22.3 Å². The number of Topliss-reactive ketones (excluding diaryl/α,β-unsaturated/α-hetero) is 1. The third kappa shape index (κ3) is 5.23. The molecule has 1 aliphatic carbocycles. The van der Waals surface area contributed by atoms with E-state index in [1.54, 1.807) is 0 Å². The monoisotopic (exact) mass is 436 g/mol. The van der Waals surface area contributed by atoms with E-state index in [9.17, 15) is 9.90 Å². The third-order valence-electron chi connectivity index (χ3n) is 5.48. The van der Waals surface area contributed by atoms with E-state index >= 15 is 0 Å². The Balaban J connectivity index is 0.00000240. The van der Waals surface area contributed by atoms with Gasteiger partial charge in [-0.1, -0.05) is 23.7 Å². The van der Waals surface area contributed by atoms with Crippen LogP contribution >= 0.6 is 24.0 Å². The molecule has 2 aromatic rings. The molecule has 0 saturated carbocycles. The van der Waals surface area contributed by atoms with Crippen molar-refractivity contribution in [3.63, 3.8) is 0 Å². The Morgan fingerprint density at radius 3 is 2.48 bits per heavy atom. The Hall–Kier alpha value is -1.79. The Labute approximate surface area is 182 Å². The Kier molecular flexibility index (Phi) is 7.41. The molecule has 0 radical (unpaired) electrons. The van der Waals surface area contributed by atoms with Crippen molar-refractivity contribution in [1.29, 1.82) is 0 Å². The SMILES string of the molecule is Cl.O=C1CCc2cccc(OCC(O)CN3CCN(c4ccc(Cl)cc4)CC3)c21. The molecule has 2 aliphatic rings. The molecular formula is C22H26Cl2N2O3. The molecule has 5 nitrogen and oxygen atoms in total. The van der Waals surface area contributed by atoms with Crippen LogP contribution in [-0.4, -0.2) is 61.2 Å². The summed E-state index contributed by atoms with van der Waals surface area (Å²) in [4.78, 5) is 16.6. The average molecular weight is 437 g/mol. The maximum absolute atomic E-state index is 12.1. The molecule has 29 heavy (non-hydrogen) atoms. The summed E-state index contributed by atoms with van der Waals surface area (Å²) in [5.41, 5.74) is 2.93. The highest BCUT2D eigenvalue weighted by atomic mass is 35.5. The topological polar surface area (TPSA) is 53.0 Å². The second-order valence-corrected chi connectivity index (χ2v) is 7.88. The quantitative estimate of drug-likeness (QED) is 0.751. The van der Waals surface area contributed by atoms with Gasteiger partial charge in [-0.05, 0) is 42.3 Å². The number of piperazine rings is 1. The smallest absolute Gasteiger partial charge is 0.167 e. The molecule has 1 heterocycles. The van der Waals surface area contributed by atoms with E-state index in [2.05, 4.69) is 9.80 Å². The second kappa shape index (κ2) is 9.81. The van der Waals surface area contributed by atoms with E-state index in [0.717, 1.165) is 43.2 Å². The number of fused-ring (bicyclic) bond motifs is 1. The summed E-state index contributed by atoms with van der Waals surface area (Å²) in [6, 6.07) is 13.6. The zero-order valence-corrected chi connectivity index (χ0v) is 17.8. The number of β-amino-alcohol motifs (C(OH)–C–C–N with tert-alkyl or cyclic N) is 1. The number of hydrogen-bond acceptors (Lipinski definition) is 5. The minimum Gasteiger partial charge on any atom is -0.490 e. The Bertz CT molecular complexity index is 836. The average Bonchev–Trinajstić information content (AvgIpc) is 3.09. The maximum atomic E-state index is 12.1. The molecule has 1 aliphatic heterocycles. The zero-order valence-electron chi connectivity index (χ0n) is 16.2. The second-order valence-electron chi connectivity index (χ2n) is 7.44. The predicted octanol–water partition coefficient (Wildman–Crippen LogP) is 3.45. The van der Waals surface area contributed by atoms with Crippen LogP contribution in [0.25, 0.3) is 0 Å². The van der Waals surface area contributed by atoms with Gasteiger partial charge < -0.3 is 14.7 Å². The van der Waals surface area contributed by atoms with E-state index in [-0.39, 0.29) is 24.8 Å². The highest BCUT2D eigenvalue weighted by molar-refractivity contribution is 6.30. The molecule has 1 unspecified atom stereocenters. The Morgan fingerprint density at radius 1 is 1.03 bits per heavy atom. The van der Waals surface area contributed by atoms with Gasteiger partial charge in [0.15, 0.2) is 5.78 Å². The number of ketones is 1. The fourth-order valence-electron chi connectivity index (χ4n) is 3.97. The van der Waals surface area contributed by atoms with Crippen molar-refractivity contribution in [3.8, 4) is 5.75 Å². The minimum absolute atomic E-state index is 0. The van der Waals surface area contributed by atoms with E-state index in [1.165, 1.54) is 5.69 Å². The summed E-state index contributed by atoms with van der Waals surface area (Å²) >= 11 is 5.96. The molecule has 2 aromatic carbocycles. The highest BCUT2D eigenvalue weighted by Gasteiger charge is 2.24. The van der Waals surface area contributed by atoms with Gasteiger partial charge in [-0.2, -0.15) is 0 Å². The van der Waals surface area contributed by atoms with Gasteiger partial charge in [0.1, 0.15) is 18.5 Å². The van der Waals surface area contributed by atoms with Crippen LogP contribution in [0.4, 0.5) is 5.69 Å². The molecule has 0 amide bonds. The lowest BCUT2D eigenvalue weighted by Gasteiger charge is -2.36. The summed E-state index contributed by atoms with van der Waals surface area (Å²) in [5, 5.41) is 11.2. The number of aliphatic hydroxyl groups excluding tert-OH is 1. The number of carbonyl (C=O) groups excluding carboxylic acids is 1. The first-order valence-corrected chi connectivity index (χ1v) is 10.2. The van der Waals surface area contributed by atoms with E-state index in [4.69, 9.17) is 16.3 Å². The number of carbonyl (C=O) groups is 1. The number of aryl methyl sites for hydroxylation is 1. The van der Waals surface area contributed by atoms with Crippen LogP contribution in [0.3, 0.4) is 0 Å². The Morgan fingerprint density at radius 2 is 1.76 bits per heavy atom. The number of benzene rings is 2. The molecule has 7 heteroatoms. The van der Waals surface area contributed by atoms with Crippen LogP contribution in [0, 0.1) is 0 Å². The van der Waals surface area contributed by atoms with Crippen LogP contribution < -0.4 is 9.64 Å². The van der Waals surface area contributed by atoms with Gasteiger partial charge >= 0.3 is 0 Å². The van der Waals surface area contributed by atoms with Crippen molar-refractivity contribution in [1.82, 2.24) is 4.90 Å². The maximum Gasteiger partial charge on any atom is 0.167 e. The fraction of sp³-hybridized carbons (Fsp3) is 0.409. The molecule has 0 spiro atoms. The molecular weight excluding hydrogens is 411 g/mol. The highest BCUT2D eigenvalue weighted by Crippen LogP contribution is 2.30. The molecule has 0 aromatic heterocycles. The molecule has 4 rings (SSSR count). The van der Waals surface area contributed by atoms with Gasteiger partial charge in [0.05, 0.1) is 5.56 Å². The van der Waals surface area contributed by atoms with E-state index < -0.39 is 6.10 Å². The molecule has 1 atom stereocenters. The van der Waals surface area contributed by atoms with Gasteiger partial charge in [0.25, 0.3) is 0 Å². The zero-order chi connectivity index (χ0) is 19.5. The first kappa shape index (κ1) is 21.9. The van der Waals surface area contributed by atoms with Gasteiger partial charge in [-0.3, -0.25) is 9.69 Å². The number of anilines is 1. The number of halogens is 2. The van der Waals surface area contributed by atoms with Crippen LogP contribution in [0.15, 0.2) is 42.5 Å². The number of aliphatic hydroxyl groups is 1. The van der Waals surface area contributed by atoms with Crippen LogP contribution in [-0.2, 0) is 6.42 Å². The van der Waals surface area contributed by atoms with Crippen LogP contribution in [0.2, 0.25) is 5.02 Å². The lowest BCUT2D eigenvalue weighted by Crippen LogP contribution is -2.49. The van der Waals surface area contributed by atoms with Gasteiger partial charge in [-0.15, -0.1) is 12.4 Å². The number of ether oxygens (including phenoxy) is 1. The normalized spacial score (nSPS) is 17.6. The molecule has 156 valence electrons. The standard InChI is InChI=1S/C22H25ClN2O3.ClH/c23-17-5-7-18(8-6-17)25-12-10-24(11-13-25)14-19(26)15-28-21-3-1-2-16-4-9-20(27)22(16)21;/h1-3,5-8,19,26H,4,9-15H2;1H. The van der Waals surface area contributed by atoms with Crippen molar-refractivity contribution in [3.05, 3.63) is 58.6 Å². The molecule has 1 N–H and O–H groups in total. The summed E-state index contributed by atoms with van der Waals surface area (Å²) in [7, 11) is 0. The number of rotatable bonds is 6. The lowest BCUT2D eigenvalue weighted by molar-refractivity contribution is 0.0656. The largest absolute Gasteiger partial charge is 0.490 e. The number of nitrogens with zero attached hydrogens (tertiary/aromatic N) is 2. The summed E-state index contributed by atoms with van der Waals surface area (Å²) in [6.07, 6.45) is 0.747. The van der Waals surface area contributed by atoms with Crippen molar-refractivity contribution in [2.75, 3.05) is 44.2 Å². The third-order valence-corrected chi connectivity index (χ3v) is 5.73. The summed E-state index contributed by atoms with van der Waals surface area (Å²) < 4.78 is 5.80.